The van der Waals surface area contributed by atoms with Crippen LogP contribution in [0.4, 0.5) is 0 Å². The van der Waals surface area contributed by atoms with Gasteiger partial charge in [0.2, 0.25) is 11.8 Å². The number of carbonyl (C=O) groups is 2. The summed E-state index contributed by atoms with van der Waals surface area (Å²) in [7, 11) is 0. The largest absolute Gasteiger partial charge is 0.494 e. The van der Waals surface area contributed by atoms with Crippen LogP contribution < -0.4 is 10.1 Å². The molecule has 3 rings (SSSR count). The van der Waals surface area contributed by atoms with Gasteiger partial charge in [-0.1, -0.05) is 60.7 Å². The molecule has 2 amide bonds. The number of ether oxygens (including phenoxy) is 1. The number of nitrogens with zero attached hydrogens (tertiary/aromatic N) is 1. The fraction of sp³-hybridized carbons (Fsp3) is 0.481. The highest BCUT2D eigenvalue weighted by atomic mass is 35.5. The molecule has 1 fully saturated rings. The highest BCUT2D eigenvalue weighted by Gasteiger charge is 2.27. The average Bonchev–Trinajstić information content (AvgIpc) is 2.81. The van der Waals surface area contributed by atoms with Crippen LogP contribution in [0, 0.1) is 6.92 Å². The van der Waals surface area contributed by atoms with E-state index in [0.29, 0.717) is 31.0 Å². The maximum Gasteiger partial charge on any atom is 0.242 e. The van der Waals surface area contributed by atoms with Crippen molar-refractivity contribution < 1.29 is 14.3 Å². The Hall–Kier alpha value is -2.53. The molecule has 0 aliphatic heterocycles. The van der Waals surface area contributed by atoms with E-state index in [9.17, 15) is 9.59 Å². The molecule has 0 radical (unpaired) electrons. The SMILES string of the molecule is Cc1ccc(OCCCC(=O)N(Cc2cccc(Cl)c2)C(C)C(=O)NC2CCCCC2)cc1. The highest BCUT2D eigenvalue weighted by Crippen LogP contribution is 2.19. The van der Waals surface area contributed by atoms with Gasteiger partial charge in [-0.05, 0) is 62.9 Å². The van der Waals surface area contributed by atoms with Gasteiger partial charge in [0.05, 0.1) is 6.61 Å². The van der Waals surface area contributed by atoms with Crippen molar-refractivity contribution in [2.24, 2.45) is 0 Å². The van der Waals surface area contributed by atoms with E-state index in [2.05, 4.69) is 5.32 Å². The van der Waals surface area contributed by atoms with E-state index >= 15 is 0 Å². The third-order valence-electron chi connectivity index (χ3n) is 6.19. The van der Waals surface area contributed by atoms with Crippen molar-refractivity contribution in [3.05, 3.63) is 64.7 Å². The van der Waals surface area contributed by atoms with Gasteiger partial charge in [0, 0.05) is 24.0 Å². The van der Waals surface area contributed by atoms with Crippen molar-refractivity contribution >= 4 is 23.4 Å². The van der Waals surface area contributed by atoms with E-state index < -0.39 is 6.04 Å². The number of halogens is 1. The Morgan fingerprint density at radius 1 is 1.12 bits per heavy atom. The zero-order chi connectivity index (χ0) is 23.6. The minimum atomic E-state index is -0.559. The summed E-state index contributed by atoms with van der Waals surface area (Å²) in [5.74, 6) is 0.644. The van der Waals surface area contributed by atoms with Crippen LogP contribution in [0.5, 0.6) is 5.75 Å². The Morgan fingerprint density at radius 2 is 1.85 bits per heavy atom. The zero-order valence-corrected chi connectivity index (χ0v) is 20.4. The van der Waals surface area contributed by atoms with Crippen LogP contribution in [0.3, 0.4) is 0 Å². The molecule has 0 aromatic heterocycles. The second-order valence-electron chi connectivity index (χ2n) is 8.94. The highest BCUT2D eigenvalue weighted by molar-refractivity contribution is 6.30. The van der Waals surface area contributed by atoms with Crippen LogP contribution >= 0.6 is 11.6 Å². The topological polar surface area (TPSA) is 58.6 Å². The first-order valence-electron chi connectivity index (χ1n) is 12.0. The number of rotatable bonds is 10. The molecule has 0 saturated heterocycles. The number of nitrogens with one attached hydrogen (secondary N) is 1. The van der Waals surface area contributed by atoms with E-state index in [4.69, 9.17) is 16.3 Å². The predicted molar refractivity (Wildman–Crippen MR) is 132 cm³/mol. The number of carbonyl (C=O) groups excluding carboxylic acids is 2. The molecule has 1 unspecified atom stereocenters. The Kier molecular flexibility index (Phi) is 9.61. The first kappa shape index (κ1) is 25.1. The quantitative estimate of drug-likeness (QED) is 0.455. The van der Waals surface area contributed by atoms with E-state index in [0.717, 1.165) is 37.0 Å². The summed E-state index contributed by atoms with van der Waals surface area (Å²) in [4.78, 5) is 27.8. The molecule has 1 aliphatic rings. The van der Waals surface area contributed by atoms with Crippen LogP contribution in [0.2, 0.25) is 5.02 Å². The lowest BCUT2D eigenvalue weighted by atomic mass is 9.95. The number of aryl methyl sites for hydroxylation is 1. The van der Waals surface area contributed by atoms with Gasteiger partial charge in [0.25, 0.3) is 0 Å². The number of hydrogen-bond acceptors (Lipinski definition) is 3. The maximum absolute atomic E-state index is 13.2. The first-order valence-corrected chi connectivity index (χ1v) is 12.3. The minimum Gasteiger partial charge on any atom is -0.494 e. The Bertz CT molecular complexity index is 910. The van der Waals surface area contributed by atoms with Crippen molar-refractivity contribution in [1.29, 1.82) is 0 Å². The molecule has 1 aliphatic carbocycles. The third-order valence-corrected chi connectivity index (χ3v) is 6.42. The van der Waals surface area contributed by atoms with Crippen LogP contribution in [0.15, 0.2) is 48.5 Å². The molecule has 5 nitrogen and oxygen atoms in total. The van der Waals surface area contributed by atoms with Crippen molar-refractivity contribution in [2.75, 3.05) is 6.61 Å². The standard InChI is InChI=1S/C27H35ClN2O3/c1-20-13-15-25(16-14-20)33-17-7-12-26(31)30(19-22-8-6-9-23(28)18-22)21(2)27(32)29-24-10-4-3-5-11-24/h6,8-9,13-16,18,21,24H,3-5,7,10-12,17,19H2,1-2H3,(H,29,32). The predicted octanol–water partition coefficient (Wildman–Crippen LogP) is 5.67. The molecule has 0 bridgehead atoms. The van der Waals surface area contributed by atoms with Gasteiger partial charge in [-0.3, -0.25) is 9.59 Å². The summed E-state index contributed by atoms with van der Waals surface area (Å²) in [6.07, 6.45) is 6.43. The lowest BCUT2D eigenvalue weighted by Gasteiger charge is -2.31. The fourth-order valence-corrected chi connectivity index (χ4v) is 4.39. The number of amides is 2. The van der Waals surface area contributed by atoms with Crippen molar-refractivity contribution in [3.63, 3.8) is 0 Å². The van der Waals surface area contributed by atoms with Gasteiger partial charge in [-0.25, -0.2) is 0 Å². The van der Waals surface area contributed by atoms with Gasteiger partial charge in [-0.2, -0.15) is 0 Å². The average molecular weight is 471 g/mol. The summed E-state index contributed by atoms with van der Waals surface area (Å²) in [5.41, 5.74) is 2.08. The van der Waals surface area contributed by atoms with Crippen LogP contribution in [0.25, 0.3) is 0 Å². The summed E-state index contributed by atoms with van der Waals surface area (Å²) in [5, 5.41) is 3.78. The monoisotopic (exact) mass is 470 g/mol. The molecular formula is C27H35ClN2O3. The van der Waals surface area contributed by atoms with Gasteiger partial charge in [0.15, 0.2) is 0 Å². The maximum atomic E-state index is 13.2. The summed E-state index contributed by atoms with van der Waals surface area (Å²) >= 11 is 6.15. The molecule has 2 aromatic carbocycles. The molecule has 0 heterocycles. The Morgan fingerprint density at radius 3 is 2.55 bits per heavy atom. The van der Waals surface area contributed by atoms with Crippen LogP contribution in [-0.4, -0.2) is 35.4 Å². The Balaban J connectivity index is 1.60. The van der Waals surface area contributed by atoms with Gasteiger partial charge in [-0.15, -0.1) is 0 Å². The molecular weight excluding hydrogens is 436 g/mol. The Labute approximate surface area is 202 Å². The number of benzene rings is 2. The van der Waals surface area contributed by atoms with Gasteiger partial charge < -0.3 is 15.0 Å². The fourth-order valence-electron chi connectivity index (χ4n) is 4.17. The molecule has 1 atom stereocenters. The minimum absolute atomic E-state index is 0.0613. The summed E-state index contributed by atoms with van der Waals surface area (Å²) < 4.78 is 5.77. The molecule has 2 aromatic rings. The van der Waals surface area contributed by atoms with E-state index in [1.165, 1.54) is 12.0 Å². The second-order valence-corrected chi connectivity index (χ2v) is 9.37. The van der Waals surface area contributed by atoms with Gasteiger partial charge in [0.1, 0.15) is 11.8 Å². The van der Waals surface area contributed by atoms with E-state index in [1.807, 2.05) is 56.3 Å². The lowest BCUT2D eigenvalue weighted by Crippen LogP contribution is -2.50. The molecule has 33 heavy (non-hydrogen) atoms. The normalized spacial score (nSPS) is 15.0. The van der Waals surface area contributed by atoms with Crippen molar-refractivity contribution in [3.8, 4) is 5.75 Å². The first-order chi connectivity index (χ1) is 15.9. The lowest BCUT2D eigenvalue weighted by molar-refractivity contribution is -0.141. The molecule has 1 N–H and O–H groups in total. The summed E-state index contributed by atoms with van der Waals surface area (Å²) in [6, 6.07) is 14.9. The molecule has 178 valence electrons. The molecule has 6 heteroatoms. The van der Waals surface area contributed by atoms with Crippen molar-refractivity contribution in [2.45, 2.75) is 77.4 Å². The number of hydrogen-bond donors (Lipinski definition) is 1. The molecule has 0 spiro atoms. The van der Waals surface area contributed by atoms with Crippen molar-refractivity contribution in [1.82, 2.24) is 10.2 Å². The smallest absolute Gasteiger partial charge is 0.242 e. The van der Waals surface area contributed by atoms with Crippen LogP contribution in [0.1, 0.15) is 63.0 Å². The van der Waals surface area contributed by atoms with Gasteiger partial charge >= 0.3 is 0 Å². The third kappa shape index (κ3) is 8.08. The second kappa shape index (κ2) is 12.6. The van der Waals surface area contributed by atoms with E-state index in [-0.39, 0.29) is 17.9 Å². The van der Waals surface area contributed by atoms with Crippen LogP contribution in [-0.2, 0) is 16.1 Å². The zero-order valence-electron chi connectivity index (χ0n) is 19.7. The molecule has 1 saturated carbocycles. The van der Waals surface area contributed by atoms with E-state index in [1.54, 1.807) is 11.0 Å². The summed E-state index contributed by atoms with van der Waals surface area (Å²) in [6.45, 7) is 4.63.